The molecule has 0 heterocycles. The van der Waals surface area contributed by atoms with Gasteiger partial charge in [0.25, 0.3) is 0 Å². The second kappa shape index (κ2) is 4.56. The zero-order chi connectivity index (χ0) is 7.98. The Morgan fingerprint density at radius 2 is 2.20 bits per heavy atom. The molecule has 0 unspecified atom stereocenters. The molecule has 2 N–H and O–H groups in total. The van der Waals surface area contributed by atoms with E-state index >= 15 is 0 Å². The van der Waals surface area contributed by atoms with Gasteiger partial charge in [-0.2, -0.15) is 0 Å². The maximum absolute atomic E-state index is 10.7. The molecule has 0 aliphatic rings. The van der Waals surface area contributed by atoms with Crippen LogP contribution < -0.4 is 5.73 Å². The standard InChI is InChI=1S/C8H11NO/c1-3-8(7(2)10)5-4-6-9/h3-6H,1,9H2,2H3/b6-4-,8-5+. The van der Waals surface area contributed by atoms with Crippen molar-refractivity contribution < 1.29 is 4.79 Å². The molecule has 0 saturated carbocycles. The monoisotopic (exact) mass is 137 g/mol. The molecule has 54 valence electrons. The highest BCUT2D eigenvalue weighted by atomic mass is 16.1. The molecular formula is C8H11NO. The van der Waals surface area contributed by atoms with E-state index in [0.29, 0.717) is 5.57 Å². The lowest BCUT2D eigenvalue weighted by atomic mass is 10.2. The van der Waals surface area contributed by atoms with Crippen molar-refractivity contribution in [2.75, 3.05) is 0 Å². The van der Waals surface area contributed by atoms with Crippen LogP contribution >= 0.6 is 0 Å². The van der Waals surface area contributed by atoms with E-state index in [1.807, 2.05) is 0 Å². The van der Waals surface area contributed by atoms with Crippen molar-refractivity contribution in [1.82, 2.24) is 0 Å². The molecule has 0 atom stereocenters. The first-order chi connectivity index (χ1) is 4.72. The van der Waals surface area contributed by atoms with Crippen LogP contribution in [-0.2, 0) is 4.79 Å². The Morgan fingerprint density at radius 3 is 2.50 bits per heavy atom. The van der Waals surface area contributed by atoms with Gasteiger partial charge in [0.05, 0.1) is 0 Å². The summed E-state index contributed by atoms with van der Waals surface area (Å²) in [6.07, 6.45) is 6.09. The molecule has 0 radical (unpaired) electrons. The molecule has 0 fully saturated rings. The number of rotatable bonds is 3. The van der Waals surface area contributed by atoms with Crippen LogP contribution in [0.5, 0.6) is 0 Å². The summed E-state index contributed by atoms with van der Waals surface area (Å²) in [6, 6.07) is 0. The molecule has 0 aromatic heterocycles. The van der Waals surface area contributed by atoms with Gasteiger partial charge in [-0.1, -0.05) is 18.7 Å². The normalized spacial score (nSPS) is 11.9. The minimum absolute atomic E-state index is 0.00639. The quantitative estimate of drug-likeness (QED) is 0.468. The number of carbonyl (C=O) groups excluding carboxylic acids is 1. The third-order valence-electron chi connectivity index (χ3n) is 1.01. The van der Waals surface area contributed by atoms with E-state index in [-0.39, 0.29) is 5.78 Å². The molecular weight excluding hydrogens is 126 g/mol. The van der Waals surface area contributed by atoms with Gasteiger partial charge in [0.1, 0.15) is 0 Å². The molecule has 0 rings (SSSR count). The van der Waals surface area contributed by atoms with Crippen molar-refractivity contribution in [2.24, 2.45) is 5.73 Å². The van der Waals surface area contributed by atoms with Crippen LogP contribution in [-0.4, -0.2) is 5.78 Å². The van der Waals surface area contributed by atoms with Crippen molar-refractivity contribution in [3.8, 4) is 0 Å². The summed E-state index contributed by atoms with van der Waals surface area (Å²) in [5.74, 6) is -0.00639. The predicted molar refractivity (Wildman–Crippen MR) is 42.3 cm³/mol. The van der Waals surface area contributed by atoms with E-state index in [1.54, 1.807) is 12.2 Å². The predicted octanol–water partition coefficient (Wildman–Crippen LogP) is 1.16. The Balaban J connectivity index is 4.33. The fourth-order valence-corrected chi connectivity index (χ4v) is 0.488. The van der Waals surface area contributed by atoms with Crippen LogP contribution in [0.25, 0.3) is 0 Å². The smallest absolute Gasteiger partial charge is 0.159 e. The largest absolute Gasteiger partial charge is 0.405 e. The molecule has 0 aliphatic carbocycles. The lowest BCUT2D eigenvalue weighted by Gasteiger charge is -1.89. The number of hydrogen-bond donors (Lipinski definition) is 1. The van der Waals surface area contributed by atoms with E-state index in [4.69, 9.17) is 5.73 Å². The van der Waals surface area contributed by atoms with Crippen LogP contribution in [0, 0.1) is 0 Å². The lowest BCUT2D eigenvalue weighted by Crippen LogP contribution is -1.91. The topological polar surface area (TPSA) is 43.1 Å². The first kappa shape index (κ1) is 8.69. The van der Waals surface area contributed by atoms with Gasteiger partial charge in [0.15, 0.2) is 5.78 Å². The van der Waals surface area contributed by atoms with Gasteiger partial charge in [0.2, 0.25) is 0 Å². The van der Waals surface area contributed by atoms with Crippen molar-refractivity contribution in [2.45, 2.75) is 6.92 Å². The van der Waals surface area contributed by atoms with E-state index in [9.17, 15) is 4.79 Å². The number of nitrogens with two attached hydrogens (primary N) is 1. The first-order valence-electron chi connectivity index (χ1n) is 2.94. The maximum atomic E-state index is 10.7. The van der Waals surface area contributed by atoms with Gasteiger partial charge >= 0.3 is 0 Å². The average Bonchev–Trinajstić information content (AvgIpc) is 1.89. The number of hydrogen-bond acceptors (Lipinski definition) is 2. The second-order valence-electron chi connectivity index (χ2n) is 1.77. The molecule has 2 heteroatoms. The minimum atomic E-state index is -0.00639. The van der Waals surface area contributed by atoms with Gasteiger partial charge < -0.3 is 5.73 Å². The number of ketones is 1. The SMILES string of the molecule is C=C/C(=C\C=C/N)C(C)=O. The number of Topliss-reactive ketones (excluding diaryl/α,β-unsaturated/α-hetero) is 1. The van der Waals surface area contributed by atoms with Crippen LogP contribution in [0.4, 0.5) is 0 Å². The summed E-state index contributed by atoms with van der Waals surface area (Å²) in [6.45, 7) is 4.96. The molecule has 0 spiro atoms. The molecule has 0 aliphatic heterocycles. The fourth-order valence-electron chi connectivity index (χ4n) is 0.488. The van der Waals surface area contributed by atoms with Crippen LogP contribution in [0.2, 0.25) is 0 Å². The van der Waals surface area contributed by atoms with E-state index in [2.05, 4.69) is 6.58 Å². The first-order valence-corrected chi connectivity index (χ1v) is 2.94. The summed E-state index contributed by atoms with van der Waals surface area (Å²) in [5, 5.41) is 0. The zero-order valence-corrected chi connectivity index (χ0v) is 6.00. The van der Waals surface area contributed by atoms with Gasteiger partial charge in [-0.15, -0.1) is 0 Å². The highest BCUT2D eigenvalue weighted by Gasteiger charge is 1.93. The molecule has 0 aromatic rings. The Hall–Kier alpha value is -1.31. The minimum Gasteiger partial charge on any atom is -0.405 e. The molecule has 0 bridgehead atoms. The van der Waals surface area contributed by atoms with Crippen LogP contribution in [0.1, 0.15) is 6.92 Å². The Kier molecular flexibility index (Phi) is 3.96. The van der Waals surface area contributed by atoms with Gasteiger partial charge in [0, 0.05) is 5.57 Å². The van der Waals surface area contributed by atoms with E-state index in [0.717, 1.165) is 0 Å². The average molecular weight is 137 g/mol. The fraction of sp³-hybridized carbons (Fsp3) is 0.125. The summed E-state index contributed by atoms with van der Waals surface area (Å²) >= 11 is 0. The van der Waals surface area contributed by atoms with Crippen molar-refractivity contribution in [3.63, 3.8) is 0 Å². The van der Waals surface area contributed by atoms with Crippen LogP contribution in [0.3, 0.4) is 0 Å². The van der Waals surface area contributed by atoms with Crippen molar-refractivity contribution in [1.29, 1.82) is 0 Å². The van der Waals surface area contributed by atoms with Crippen molar-refractivity contribution in [3.05, 3.63) is 36.6 Å². The molecule has 10 heavy (non-hydrogen) atoms. The summed E-state index contributed by atoms with van der Waals surface area (Å²) in [7, 11) is 0. The highest BCUT2D eigenvalue weighted by Crippen LogP contribution is 1.96. The number of allylic oxidation sites excluding steroid dienone is 4. The highest BCUT2D eigenvalue weighted by molar-refractivity contribution is 5.96. The zero-order valence-electron chi connectivity index (χ0n) is 6.00. The van der Waals surface area contributed by atoms with E-state index in [1.165, 1.54) is 19.2 Å². The Morgan fingerprint density at radius 1 is 1.60 bits per heavy atom. The molecule has 0 aromatic carbocycles. The van der Waals surface area contributed by atoms with Gasteiger partial charge in [-0.05, 0) is 19.2 Å². The Labute approximate surface area is 60.7 Å². The molecule has 2 nitrogen and oxygen atoms in total. The second-order valence-corrected chi connectivity index (χ2v) is 1.77. The van der Waals surface area contributed by atoms with Gasteiger partial charge in [-0.3, -0.25) is 4.79 Å². The lowest BCUT2D eigenvalue weighted by molar-refractivity contribution is -0.113. The van der Waals surface area contributed by atoms with Crippen molar-refractivity contribution >= 4 is 5.78 Å². The summed E-state index contributed by atoms with van der Waals surface area (Å²) < 4.78 is 0. The van der Waals surface area contributed by atoms with Crippen LogP contribution in [0.15, 0.2) is 36.6 Å². The summed E-state index contributed by atoms with van der Waals surface area (Å²) in [5.41, 5.74) is 5.63. The molecule has 0 saturated heterocycles. The molecule has 0 amide bonds. The van der Waals surface area contributed by atoms with Gasteiger partial charge in [-0.25, -0.2) is 0 Å². The maximum Gasteiger partial charge on any atom is 0.159 e. The van der Waals surface area contributed by atoms with E-state index < -0.39 is 0 Å². The summed E-state index contributed by atoms with van der Waals surface area (Å²) in [4.78, 5) is 10.7. The third kappa shape index (κ3) is 2.87. The third-order valence-corrected chi connectivity index (χ3v) is 1.01. The number of carbonyl (C=O) groups is 1. The Bertz CT molecular complexity index is 189.